The molecule has 0 fully saturated rings. The number of hydrogen-bond acceptors (Lipinski definition) is 2. The lowest BCUT2D eigenvalue weighted by atomic mass is 10.1. The van der Waals surface area contributed by atoms with Crippen LogP contribution in [0.15, 0.2) is 29.3 Å². The first-order chi connectivity index (χ1) is 9.77. The van der Waals surface area contributed by atoms with Crippen molar-refractivity contribution in [3.63, 3.8) is 0 Å². The molecule has 0 heterocycles. The van der Waals surface area contributed by atoms with E-state index in [2.05, 4.69) is 15.6 Å². The number of hydrogen-bond donors (Lipinski definition) is 2. The number of ether oxygens (including phenoxy) is 1. The summed E-state index contributed by atoms with van der Waals surface area (Å²) >= 11 is 6.13. The second kappa shape index (κ2) is 10.5. The van der Waals surface area contributed by atoms with E-state index >= 15 is 0 Å². The van der Waals surface area contributed by atoms with Crippen LogP contribution in [-0.4, -0.2) is 38.8 Å². The molecular formula is C15H24ClN3O. The van der Waals surface area contributed by atoms with E-state index in [1.54, 1.807) is 0 Å². The normalized spacial score (nSPS) is 11.4. The summed E-state index contributed by atoms with van der Waals surface area (Å²) in [6.45, 7) is 7.71. The predicted octanol–water partition coefficient (Wildman–Crippen LogP) is 2.47. The summed E-state index contributed by atoms with van der Waals surface area (Å²) in [6, 6.07) is 7.91. The Bertz CT molecular complexity index is 410. The smallest absolute Gasteiger partial charge is 0.191 e. The van der Waals surface area contributed by atoms with Gasteiger partial charge in [0.05, 0.1) is 13.2 Å². The highest BCUT2D eigenvalue weighted by molar-refractivity contribution is 6.31. The van der Waals surface area contributed by atoms with E-state index in [9.17, 15) is 0 Å². The lowest BCUT2D eigenvalue weighted by molar-refractivity contribution is 0.155. The average molecular weight is 298 g/mol. The topological polar surface area (TPSA) is 45.7 Å². The molecule has 0 radical (unpaired) electrons. The van der Waals surface area contributed by atoms with Crippen molar-refractivity contribution in [2.75, 3.05) is 32.8 Å². The summed E-state index contributed by atoms with van der Waals surface area (Å²) in [4.78, 5) is 4.44. The van der Waals surface area contributed by atoms with Gasteiger partial charge in [-0.15, -0.1) is 0 Å². The minimum atomic E-state index is 0.650. The van der Waals surface area contributed by atoms with E-state index in [1.807, 2.05) is 38.1 Å². The van der Waals surface area contributed by atoms with E-state index in [0.29, 0.717) is 13.2 Å². The molecule has 1 aromatic rings. The van der Waals surface area contributed by atoms with Crippen molar-refractivity contribution in [2.24, 2.45) is 4.99 Å². The molecule has 0 saturated heterocycles. The maximum Gasteiger partial charge on any atom is 0.191 e. The van der Waals surface area contributed by atoms with Gasteiger partial charge in [-0.3, -0.25) is 4.99 Å². The van der Waals surface area contributed by atoms with E-state index < -0.39 is 0 Å². The third kappa shape index (κ3) is 6.78. The van der Waals surface area contributed by atoms with Crippen LogP contribution in [-0.2, 0) is 11.2 Å². The van der Waals surface area contributed by atoms with Crippen LogP contribution in [0.3, 0.4) is 0 Å². The number of guanidine groups is 1. The van der Waals surface area contributed by atoms with Gasteiger partial charge in [0.1, 0.15) is 0 Å². The summed E-state index contributed by atoms with van der Waals surface area (Å²) in [7, 11) is 0. The van der Waals surface area contributed by atoms with Crippen LogP contribution in [0.2, 0.25) is 5.02 Å². The number of aliphatic imine (C=N–C) groups is 1. The van der Waals surface area contributed by atoms with Crippen molar-refractivity contribution in [3.05, 3.63) is 34.9 Å². The van der Waals surface area contributed by atoms with Gasteiger partial charge in [0, 0.05) is 24.7 Å². The van der Waals surface area contributed by atoms with Gasteiger partial charge in [-0.25, -0.2) is 0 Å². The van der Waals surface area contributed by atoms with Gasteiger partial charge < -0.3 is 15.4 Å². The van der Waals surface area contributed by atoms with Crippen LogP contribution in [0.5, 0.6) is 0 Å². The average Bonchev–Trinajstić information content (AvgIpc) is 2.45. The third-order valence-corrected chi connectivity index (χ3v) is 3.07. The van der Waals surface area contributed by atoms with Crippen molar-refractivity contribution in [1.82, 2.24) is 10.6 Å². The van der Waals surface area contributed by atoms with Gasteiger partial charge in [0.2, 0.25) is 0 Å². The highest BCUT2D eigenvalue weighted by atomic mass is 35.5. The molecule has 4 nitrogen and oxygen atoms in total. The zero-order chi connectivity index (χ0) is 14.6. The molecule has 112 valence electrons. The first-order valence-electron chi connectivity index (χ1n) is 7.11. The Morgan fingerprint density at radius 3 is 2.75 bits per heavy atom. The van der Waals surface area contributed by atoms with Crippen LogP contribution in [0, 0.1) is 0 Å². The fraction of sp³-hybridized carbons (Fsp3) is 0.533. The Morgan fingerprint density at radius 2 is 2.05 bits per heavy atom. The van der Waals surface area contributed by atoms with Gasteiger partial charge in [-0.2, -0.15) is 0 Å². The molecule has 2 N–H and O–H groups in total. The van der Waals surface area contributed by atoms with Crippen molar-refractivity contribution in [2.45, 2.75) is 20.3 Å². The third-order valence-electron chi connectivity index (χ3n) is 2.70. The Labute approximate surface area is 126 Å². The van der Waals surface area contributed by atoms with Crippen molar-refractivity contribution in [3.8, 4) is 0 Å². The van der Waals surface area contributed by atoms with Crippen LogP contribution in [0.4, 0.5) is 0 Å². The summed E-state index contributed by atoms with van der Waals surface area (Å²) < 4.78 is 5.27. The van der Waals surface area contributed by atoms with Crippen LogP contribution in [0.1, 0.15) is 19.4 Å². The molecule has 0 aliphatic rings. The van der Waals surface area contributed by atoms with Gasteiger partial charge in [0.15, 0.2) is 5.96 Å². The number of nitrogens with one attached hydrogen (secondary N) is 2. The highest BCUT2D eigenvalue weighted by Crippen LogP contribution is 2.14. The lowest BCUT2D eigenvalue weighted by Gasteiger charge is -2.11. The molecule has 0 bridgehead atoms. The molecule has 20 heavy (non-hydrogen) atoms. The van der Waals surface area contributed by atoms with Gasteiger partial charge in [-0.1, -0.05) is 29.8 Å². The Kier molecular flexibility index (Phi) is 8.83. The number of benzene rings is 1. The molecule has 0 spiro atoms. The minimum absolute atomic E-state index is 0.650. The molecule has 0 saturated carbocycles. The van der Waals surface area contributed by atoms with Gasteiger partial charge >= 0.3 is 0 Å². The highest BCUT2D eigenvalue weighted by Gasteiger charge is 2.00. The number of nitrogens with zero attached hydrogens (tertiary/aromatic N) is 1. The Morgan fingerprint density at radius 1 is 1.25 bits per heavy atom. The Balaban J connectivity index is 2.36. The van der Waals surface area contributed by atoms with Gasteiger partial charge in [0.25, 0.3) is 0 Å². The number of halogens is 1. The molecule has 0 unspecified atom stereocenters. The quantitative estimate of drug-likeness (QED) is 0.440. The first kappa shape index (κ1) is 16.8. The molecular weight excluding hydrogens is 274 g/mol. The van der Waals surface area contributed by atoms with Crippen LogP contribution < -0.4 is 10.6 Å². The summed E-state index contributed by atoms with van der Waals surface area (Å²) in [6.07, 6.45) is 0.871. The maximum absolute atomic E-state index is 6.13. The molecule has 0 aliphatic carbocycles. The second-order valence-electron chi connectivity index (χ2n) is 4.23. The van der Waals surface area contributed by atoms with Crippen molar-refractivity contribution < 1.29 is 4.74 Å². The zero-order valence-electron chi connectivity index (χ0n) is 12.3. The second-order valence-corrected chi connectivity index (χ2v) is 4.63. The molecule has 0 amide bonds. The fourth-order valence-corrected chi connectivity index (χ4v) is 1.96. The summed E-state index contributed by atoms with van der Waals surface area (Å²) in [5.74, 6) is 0.819. The van der Waals surface area contributed by atoms with Crippen molar-refractivity contribution in [1.29, 1.82) is 0 Å². The molecule has 0 aromatic heterocycles. The SMILES string of the molecule is CCNC(=NCCOCC)NCCc1ccccc1Cl. The summed E-state index contributed by atoms with van der Waals surface area (Å²) in [5, 5.41) is 7.32. The van der Waals surface area contributed by atoms with Crippen molar-refractivity contribution >= 4 is 17.6 Å². The Hall–Kier alpha value is -1.26. The first-order valence-corrected chi connectivity index (χ1v) is 7.49. The zero-order valence-corrected chi connectivity index (χ0v) is 13.0. The maximum atomic E-state index is 6.13. The predicted molar refractivity (Wildman–Crippen MR) is 85.6 cm³/mol. The molecule has 1 aromatic carbocycles. The fourth-order valence-electron chi connectivity index (χ4n) is 1.72. The standard InChI is InChI=1S/C15H24ClN3O/c1-3-17-15(19-11-12-20-4-2)18-10-9-13-7-5-6-8-14(13)16/h5-8H,3-4,9-12H2,1-2H3,(H2,17,18,19). The van der Waals surface area contributed by atoms with Crippen LogP contribution >= 0.6 is 11.6 Å². The molecule has 1 rings (SSSR count). The molecule has 0 atom stereocenters. The van der Waals surface area contributed by atoms with E-state index in [0.717, 1.165) is 42.7 Å². The van der Waals surface area contributed by atoms with E-state index in [-0.39, 0.29) is 0 Å². The lowest BCUT2D eigenvalue weighted by Crippen LogP contribution is -2.38. The molecule has 5 heteroatoms. The minimum Gasteiger partial charge on any atom is -0.380 e. The number of rotatable bonds is 8. The van der Waals surface area contributed by atoms with Gasteiger partial charge in [-0.05, 0) is 31.9 Å². The van der Waals surface area contributed by atoms with E-state index in [1.165, 1.54) is 0 Å². The van der Waals surface area contributed by atoms with E-state index in [4.69, 9.17) is 16.3 Å². The monoisotopic (exact) mass is 297 g/mol. The summed E-state index contributed by atoms with van der Waals surface area (Å²) in [5.41, 5.74) is 1.15. The van der Waals surface area contributed by atoms with Crippen LogP contribution in [0.25, 0.3) is 0 Å². The molecule has 0 aliphatic heterocycles. The largest absolute Gasteiger partial charge is 0.380 e.